The van der Waals surface area contributed by atoms with Crippen molar-refractivity contribution in [3.63, 3.8) is 0 Å². The average molecular weight is 123 g/mol. The molecule has 1 atom stereocenters. The van der Waals surface area contributed by atoms with Gasteiger partial charge >= 0.3 is 0 Å². The van der Waals surface area contributed by atoms with Crippen molar-refractivity contribution in [2.24, 2.45) is 0 Å². The Morgan fingerprint density at radius 1 is 1.71 bits per heavy atom. The molecule has 0 aromatic heterocycles. The van der Waals surface area contributed by atoms with Crippen LogP contribution in [0.5, 0.6) is 0 Å². The minimum absolute atomic E-state index is 0.142. The minimum atomic E-state index is -1.01. The molecule has 0 amide bonds. The van der Waals surface area contributed by atoms with Crippen LogP contribution < -0.4 is 0 Å². The van der Waals surface area contributed by atoms with Crippen LogP contribution in [-0.4, -0.2) is 22.7 Å². The van der Waals surface area contributed by atoms with Crippen molar-refractivity contribution in [3.8, 4) is 0 Å². The number of hydrogen-bond acceptors (Lipinski definition) is 1. The highest BCUT2D eigenvalue weighted by Gasteiger charge is 1.97. The van der Waals surface area contributed by atoms with E-state index in [1.54, 1.807) is 0 Å². The summed E-state index contributed by atoms with van der Waals surface area (Å²) in [5, 5.41) is 0. The Morgan fingerprint density at radius 2 is 2.29 bits per heavy atom. The zero-order valence-corrected chi connectivity index (χ0v) is 4.84. The fraction of sp³-hybridized carbons (Fsp3) is 0.750. The zero-order chi connectivity index (χ0) is 5.70. The lowest BCUT2D eigenvalue weighted by molar-refractivity contribution is 0.517. The van der Waals surface area contributed by atoms with Gasteiger partial charge in [-0.2, -0.15) is 0 Å². The summed E-state index contributed by atoms with van der Waals surface area (Å²) < 4.78 is 21.4. The topological polar surface area (TPSA) is 23.1 Å². The Labute approximate surface area is 46.1 Å². The molecule has 1 unspecified atom stereocenters. The summed E-state index contributed by atoms with van der Waals surface area (Å²) in [5.74, 6) is 0.466. The van der Waals surface area contributed by atoms with Gasteiger partial charge in [0.05, 0.1) is 0 Å². The normalized spacial score (nSPS) is 14.1. The van der Waals surface area contributed by atoms with Gasteiger partial charge in [0.15, 0.2) is 0 Å². The van der Waals surface area contributed by atoms with Crippen molar-refractivity contribution in [1.82, 2.24) is 0 Å². The number of halogens is 1. The fourth-order valence-electron chi connectivity index (χ4n) is 0.188. The van der Waals surface area contributed by atoms with Crippen molar-refractivity contribution in [2.45, 2.75) is 0 Å². The second-order valence-corrected chi connectivity index (χ2v) is 2.73. The molecular formula is C4H8FOS. The Hall–Kier alpha value is 0.240. The summed E-state index contributed by atoms with van der Waals surface area (Å²) in [6.07, 6.45) is 0. The zero-order valence-electron chi connectivity index (χ0n) is 4.02. The molecule has 1 radical (unpaired) electrons. The molecular weight excluding hydrogens is 115 g/mol. The molecule has 1 nitrogen and oxygen atoms in total. The molecule has 0 aromatic carbocycles. The van der Waals surface area contributed by atoms with Crippen LogP contribution in [0.1, 0.15) is 0 Å². The Bertz CT molecular complexity index is 42.7. The monoisotopic (exact) mass is 123 g/mol. The number of rotatable bonds is 3. The highest BCUT2D eigenvalue weighted by molar-refractivity contribution is 7.91. The maximum atomic E-state index is 11.2. The molecule has 43 valence electrons. The Kier molecular flexibility index (Phi) is 4.55. The predicted molar refractivity (Wildman–Crippen MR) is 29.2 cm³/mol. The number of hydrogen-bond donors (Lipinski definition) is 0. The smallest absolute Gasteiger partial charge is 0.134 e. The van der Waals surface area contributed by atoms with Crippen molar-refractivity contribution < 1.29 is 8.94 Å². The first kappa shape index (κ1) is 7.24. The maximum absolute atomic E-state index is 11.2. The van der Waals surface area contributed by atoms with Crippen LogP contribution >= 0.6 is 0 Å². The minimum Gasteiger partial charge on any atom is -0.616 e. The van der Waals surface area contributed by atoms with Crippen molar-refractivity contribution in [1.29, 1.82) is 0 Å². The molecule has 7 heavy (non-hydrogen) atoms. The third kappa shape index (κ3) is 4.09. The third-order valence-electron chi connectivity index (χ3n) is 0.532. The van der Waals surface area contributed by atoms with Gasteiger partial charge in [-0.05, 0) is 6.92 Å². The van der Waals surface area contributed by atoms with Gasteiger partial charge in [0, 0.05) is 0 Å². The van der Waals surface area contributed by atoms with Crippen LogP contribution in [-0.2, 0) is 11.2 Å². The van der Waals surface area contributed by atoms with Crippen molar-refractivity contribution >= 4 is 11.2 Å². The average Bonchev–Trinajstić information content (AvgIpc) is 1.68. The SMILES string of the molecule is [CH2]C[S+]([O-])CCF. The molecule has 0 aliphatic heterocycles. The molecule has 0 rings (SSSR count). The summed E-state index contributed by atoms with van der Waals surface area (Å²) in [4.78, 5) is 0. The van der Waals surface area contributed by atoms with Gasteiger partial charge in [-0.25, -0.2) is 4.39 Å². The van der Waals surface area contributed by atoms with Gasteiger partial charge in [0.25, 0.3) is 0 Å². The molecule has 0 bridgehead atoms. The van der Waals surface area contributed by atoms with E-state index in [9.17, 15) is 8.94 Å². The van der Waals surface area contributed by atoms with Gasteiger partial charge in [0.2, 0.25) is 0 Å². The summed E-state index contributed by atoms with van der Waals surface area (Å²) in [5.41, 5.74) is 0. The summed E-state index contributed by atoms with van der Waals surface area (Å²) in [6, 6.07) is 0. The van der Waals surface area contributed by atoms with Gasteiger partial charge in [-0.1, -0.05) is 11.2 Å². The highest BCUT2D eigenvalue weighted by atomic mass is 32.2. The van der Waals surface area contributed by atoms with E-state index in [4.69, 9.17) is 0 Å². The van der Waals surface area contributed by atoms with E-state index in [2.05, 4.69) is 6.92 Å². The van der Waals surface area contributed by atoms with Crippen LogP contribution in [0.25, 0.3) is 0 Å². The Balaban J connectivity index is 2.83. The first-order valence-electron chi connectivity index (χ1n) is 2.01. The molecule has 0 spiro atoms. The first-order chi connectivity index (χ1) is 3.31. The second kappa shape index (κ2) is 4.40. The molecule has 0 saturated carbocycles. The lowest BCUT2D eigenvalue weighted by Gasteiger charge is -2.02. The van der Waals surface area contributed by atoms with E-state index in [1.165, 1.54) is 0 Å². The molecule has 0 fully saturated rings. The molecule has 0 saturated heterocycles. The maximum Gasteiger partial charge on any atom is 0.134 e. The van der Waals surface area contributed by atoms with Crippen LogP contribution in [0.2, 0.25) is 0 Å². The van der Waals surface area contributed by atoms with Gasteiger partial charge < -0.3 is 4.55 Å². The standard InChI is InChI=1S/C4H8FOS/c1-2-7(6)4-3-5/h1-4H2. The Morgan fingerprint density at radius 3 is 2.43 bits per heavy atom. The lowest BCUT2D eigenvalue weighted by Crippen LogP contribution is -2.09. The van der Waals surface area contributed by atoms with Crippen LogP contribution in [0.15, 0.2) is 0 Å². The van der Waals surface area contributed by atoms with Gasteiger partial charge in [-0.15, -0.1) is 0 Å². The largest absolute Gasteiger partial charge is 0.616 e. The van der Waals surface area contributed by atoms with E-state index in [0.717, 1.165) is 0 Å². The predicted octanol–water partition coefficient (Wildman–Crippen LogP) is 0.539. The highest BCUT2D eigenvalue weighted by Crippen LogP contribution is 1.87. The molecule has 0 aliphatic rings. The molecule has 0 aromatic rings. The molecule has 3 heteroatoms. The van der Waals surface area contributed by atoms with Crippen LogP contribution in [0.3, 0.4) is 0 Å². The van der Waals surface area contributed by atoms with Gasteiger partial charge in [-0.3, -0.25) is 0 Å². The summed E-state index contributed by atoms with van der Waals surface area (Å²) in [6.45, 7) is 2.84. The van der Waals surface area contributed by atoms with Crippen molar-refractivity contribution in [3.05, 3.63) is 6.92 Å². The fourth-order valence-corrected chi connectivity index (χ4v) is 0.564. The lowest BCUT2D eigenvalue weighted by atomic mass is 10.9. The second-order valence-electron chi connectivity index (χ2n) is 1.04. The third-order valence-corrected chi connectivity index (χ3v) is 1.60. The van der Waals surface area contributed by atoms with E-state index >= 15 is 0 Å². The molecule has 0 heterocycles. The summed E-state index contributed by atoms with van der Waals surface area (Å²) in [7, 11) is 0. The molecule has 0 aliphatic carbocycles. The molecule has 0 N–H and O–H groups in total. The van der Waals surface area contributed by atoms with E-state index < -0.39 is 17.9 Å². The van der Waals surface area contributed by atoms with E-state index in [1.807, 2.05) is 0 Å². The first-order valence-corrected chi connectivity index (χ1v) is 3.50. The van der Waals surface area contributed by atoms with Crippen LogP contribution in [0, 0.1) is 6.92 Å². The summed E-state index contributed by atoms with van der Waals surface area (Å²) >= 11 is -1.01. The van der Waals surface area contributed by atoms with E-state index in [0.29, 0.717) is 5.75 Å². The van der Waals surface area contributed by atoms with Gasteiger partial charge in [0.1, 0.15) is 18.2 Å². The van der Waals surface area contributed by atoms with Crippen molar-refractivity contribution in [2.75, 3.05) is 18.2 Å². The number of alkyl halides is 1. The quantitative estimate of drug-likeness (QED) is 0.502. The van der Waals surface area contributed by atoms with Crippen LogP contribution in [0.4, 0.5) is 4.39 Å². The van der Waals surface area contributed by atoms with E-state index in [-0.39, 0.29) is 5.75 Å².